The number of rotatable bonds is 6. The van der Waals surface area contributed by atoms with Gasteiger partial charge in [-0.25, -0.2) is 9.78 Å². The Morgan fingerprint density at radius 2 is 2.30 bits per heavy atom. The van der Waals surface area contributed by atoms with E-state index in [0.29, 0.717) is 12.4 Å². The number of hydrogen-bond acceptors (Lipinski definition) is 5. The normalized spacial score (nSPS) is 10.7. The Bertz CT molecular complexity index is 576. The smallest absolute Gasteiger partial charge is 0.360 e. The average Bonchev–Trinajstić information content (AvgIpc) is 3.04. The first-order chi connectivity index (χ1) is 9.67. The van der Waals surface area contributed by atoms with Crippen LogP contribution in [0.3, 0.4) is 0 Å². The van der Waals surface area contributed by atoms with Gasteiger partial charge in [0.2, 0.25) is 0 Å². The first-order valence-corrected chi connectivity index (χ1v) is 7.64. The Labute approximate surface area is 122 Å². The monoisotopic (exact) mass is 293 g/mol. The molecule has 5 nitrogen and oxygen atoms in total. The third kappa shape index (κ3) is 3.01. The lowest BCUT2D eigenvalue weighted by molar-refractivity contribution is 0.0521. The van der Waals surface area contributed by atoms with Crippen LogP contribution in [0, 0.1) is 0 Å². The van der Waals surface area contributed by atoms with Crippen LogP contribution in [0.15, 0.2) is 16.8 Å². The van der Waals surface area contributed by atoms with Crippen LogP contribution in [0.5, 0.6) is 0 Å². The van der Waals surface area contributed by atoms with Gasteiger partial charge in [0.1, 0.15) is 11.6 Å². The summed E-state index contributed by atoms with van der Waals surface area (Å²) in [6.07, 6.45) is 1.60. The lowest BCUT2D eigenvalue weighted by Gasteiger charge is -2.08. The van der Waals surface area contributed by atoms with Crippen molar-refractivity contribution in [3.05, 3.63) is 33.9 Å². The second kappa shape index (κ2) is 6.56. The van der Waals surface area contributed by atoms with Gasteiger partial charge in [-0.2, -0.15) is 11.3 Å². The molecule has 0 radical (unpaired) electrons. The van der Waals surface area contributed by atoms with E-state index in [0.717, 1.165) is 25.2 Å². The molecule has 0 amide bonds. The van der Waals surface area contributed by atoms with E-state index in [4.69, 9.17) is 10.5 Å². The molecule has 0 saturated heterocycles. The predicted molar refractivity (Wildman–Crippen MR) is 80.0 cm³/mol. The van der Waals surface area contributed by atoms with Crippen molar-refractivity contribution in [3.63, 3.8) is 0 Å². The molecule has 2 rings (SSSR count). The molecule has 0 unspecified atom stereocenters. The molecule has 108 valence electrons. The first kappa shape index (κ1) is 14.6. The van der Waals surface area contributed by atoms with Gasteiger partial charge in [0.25, 0.3) is 0 Å². The van der Waals surface area contributed by atoms with Crippen molar-refractivity contribution in [2.45, 2.75) is 33.2 Å². The van der Waals surface area contributed by atoms with Crippen LogP contribution < -0.4 is 5.73 Å². The van der Waals surface area contributed by atoms with Crippen molar-refractivity contribution in [2.24, 2.45) is 0 Å². The van der Waals surface area contributed by atoms with Crippen LogP contribution in [-0.4, -0.2) is 22.1 Å². The van der Waals surface area contributed by atoms with E-state index in [9.17, 15) is 4.79 Å². The number of thiophene rings is 1. The van der Waals surface area contributed by atoms with Crippen LogP contribution in [0.1, 0.15) is 35.7 Å². The van der Waals surface area contributed by atoms with E-state index in [1.165, 1.54) is 5.56 Å². The summed E-state index contributed by atoms with van der Waals surface area (Å²) in [6.45, 7) is 4.81. The van der Waals surface area contributed by atoms with Crippen molar-refractivity contribution in [1.82, 2.24) is 9.55 Å². The zero-order chi connectivity index (χ0) is 14.5. The number of aromatic nitrogens is 2. The molecular formula is C14H19N3O2S. The highest BCUT2D eigenvalue weighted by molar-refractivity contribution is 7.07. The number of ether oxygens (including phenoxy) is 1. The van der Waals surface area contributed by atoms with E-state index in [2.05, 4.69) is 21.8 Å². The summed E-state index contributed by atoms with van der Waals surface area (Å²) >= 11 is 1.68. The molecule has 2 N–H and O–H groups in total. The maximum absolute atomic E-state index is 11.8. The van der Waals surface area contributed by atoms with E-state index in [1.54, 1.807) is 18.3 Å². The van der Waals surface area contributed by atoms with Crippen molar-refractivity contribution in [1.29, 1.82) is 0 Å². The minimum Gasteiger partial charge on any atom is -0.461 e. The molecule has 0 fully saturated rings. The number of nitrogen functional groups attached to an aromatic ring is 1. The number of anilines is 1. The third-order valence-electron chi connectivity index (χ3n) is 3.08. The van der Waals surface area contributed by atoms with E-state index in [-0.39, 0.29) is 5.69 Å². The quantitative estimate of drug-likeness (QED) is 0.831. The lowest BCUT2D eigenvalue weighted by Crippen LogP contribution is -2.11. The maximum atomic E-state index is 11.8. The molecule has 0 saturated carbocycles. The van der Waals surface area contributed by atoms with Gasteiger partial charge >= 0.3 is 5.97 Å². The van der Waals surface area contributed by atoms with Gasteiger partial charge in [-0.15, -0.1) is 0 Å². The second-order valence-electron chi connectivity index (χ2n) is 4.37. The van der Waals surface area contributed by atoms with Crippen molar-refractivity contribution < 1.29 is 9.53 Å². The number of aryl methyl sites for hydroxylation is 2. The Hall–Kier alpha value is -1.82. The molecule has 2 heterocycles. The standard InChI is InChI=1S/C14H19N3O2S/c1-3-11-16-12(14(18)19-4-2)13(15)17(11)7-5-10-6-8-20-9-10/h6,8-9H,3-5,7,15H2,1-2H3. The van der Waals surface area contributed by atoms with Gasteiger partial charge in [-0.3, -0.25) is 0 Å². The van der Waals surface area contributed by atoms with E-state index < -0.39 is 5.97 Å². The molecule has 2 aromatic rings. The summed E-state index contributed by atoms with van der Waals surface area (Å²) in [4.78, 5) is 16.1. The molecular weight excluding hydrogens is 274 g/mol. The largest absolute Gasteiger partial charge is 0.461 e. The number of carbonyl (C=O) groups is 1. The van der Waals surface area contributed by atoms with Crippen LogP contribution in [-0.2, 0) is 24.1 Å². The fourth-order valence-corrected chi connectivity index (χ4v) is 2.76. The van der Waals surface area contributed by atoms with Crippen molar-refractivity contribution in [3.8, 4) is 0 Å². The lowest BCUT2D eigenvalue weighted by atomic mass is 10.2. The predicted octanol–water partition coefficient (Wildman–Crippen LogP) is 2.51. The minimum atomic E-state index is -0.450. The summed E-state index contributed by atoms with van der Waals surface area (Å²) in [5.41, 5.74) is 7.55. The first-order valence-electron chi connectivity index (χ1n) is 6.70. The summed E-state index contributed by atoms with van der Waals surface area (Å²) < 4.78 is 6.89. The summed E-state index contributed by atoms with van der Waals surface area (Å²) in [5, 5.41) is 4.17. The number of imidazole rings is 1. The second-order valence-corrected chi connectivity index (χ2v) is 5.15. The van der Waals surface area contributed by atoms with Gasteiger partial charge in [-0.05, 0) is 35.7 Å². The van der Waals surface area contributed by atoms with Crippen molar-refractivity contribution in [2.75, 3.05) is 12.3 Å². The van der Waals surface area contributed by atoms with E-state index in [1.807, 2.05) is 11.5 Å². The number of hydrogen-bond donors (Lipinski definition) is 1. The number of carbonyl (C=O) groups excluding carboxylic acids is 1. The van der Waals surface area contributed by atoms with E-state index >= 15 is 0 Å². The Morgan fingerprint density at radius 1 is 1.50 bits per heavy atom. The Balaban J connectivity index is 2.20. The molecule has 0 atom stereocenters. The van der Waals surface area contributed by atoms with Gasteiger partial charge in [0.15, 0.2) is 5.69 Å². The van der Waals surface area contributed by atoms with Crippen LogP contribution >= 0.6 is 11.3 Å². The average molecular weight is 293 g/mol. The molecule has 0 aliphatic heterocycles. The van der Waals surface area contributed by atoms with Crippen molar-refractivity contribution >= 4 is 23.1 Å². The highest BCUT2D eigenvalue weighted by Crippen LogP contribution is 2.18. The highest BCUT2D eigenvalue weighted by atomic mass is 32.1. The molecule has 0 aliphatic rings. The fraction of sp³-hybridized carbons (Fsp3) is 0.429. The van der Waals surface area contributed by atoms with Crippen LogP contribution in [0.25, 0.3) is 0 Å². The maximum Gasteiger partial charge on any atom is 0.360 e. The zero-order valence-corrected chi connectivity index (χ0v) is 12.6. The molecule has 0 bridgehead atoms. The Morgan fingerprint density at radius 3 is 2.90 bits per heavy atom. The Kier molecular flexibility index (Phi) is 4.79. The molecule has 2 aromatic heterocycles. The summed E-state index contributed by atoms with van der Waals surface area (Å²) in [6, 6.07) is 2.09. The molecule has 0 aromatic carbocycles. The molecule has 0 aliphatic carbocycles. The SMILES string of the molecule is CCOC(=O)c1nc(CC)n(CCc2ccsc2)c1N. The van der Waals surface area contributed by atoms with Crippen LogP contribution in [0.2, 0.25) is 0 Å². The molecule has 20 heavy (non-hydrogen) atoms. The highest BCUT2D eigenvalue weighted by Gasteiger charge is 2.20. The zero-order valence-electron chi connectivity index (χ0n) is 11.8. The number of esters is 1. The fourth-order valence-electron chi connectivity index (χ4n) is 2.06. The summed E-state index contributed by atoms with van der Waals surface area (Å²) in [5.74, 6) is 0.769. The summed E-state index contributed by atoms with van der Waals surface area (Å²) in [7, 11) is 0. The number of nitrogens with zero attached hydrogens (tertiary/aromatic N) is 2. The van der Waals surface area contributed by atoms with Gasteiger partial charge in [-0.1, -0.05) is 6.92 Å². The van der Waals surface area contributed by atoms with Gasteiger partial charge < -0.3 is 15.0 Å². The third-order valence-corrected chi connectivity index (χ3v) is 3.81. The molecule has 6 heteroatoms. The van der Waals surface area contributed by atoms with Gasteiger partial charge in [0.05, 0.1) is 6.61 Å². The van der Waals surface area contributed by atoms with Crippen LogP contribution in [0.4, 0.5) is 5.82 Å². The minimum absolute atomic E-state index is 0.231. The van der Waals surface area contributed by atoms with Gasteiger partial charge in [0, 0.05) is 13.0 Å². The number of nitrogens with two attached hydrogens (primary N) is 1. The molecule has 0 spiro atoms. The topological polar surface area (TPSA) is 70.1 Å².